The molecule has 2 aromatic rings. The highest BCUT2D eigenvalue weighted by atomic mass is 32.2. The monoisotopic (exact) mass is 298 g/mol. The number of aryl methyl sites for hydroxylation is 1. The van der Waals surface area contributed by atoms with Gasteiger partial charge in [0.25, 0.3) is 0 Å². The van der Waals surface area contributed by atoms with Gasteiger partial charge in [-0.05, 0) is 43.7 Å². The fourth-order valence-corrected chi connectivity index (χ4v) is 2.90. The fourth-order valence-electron chi connectivity index (χ4n) is 2.54. The van der Waals surface area contributed by atoms with E-state index in [1.54, 1.807) is 18.0 Å². The molecule has 0 spiro atoms. The summed E-state index contributed by atoms with van der Waals surface area (Å²) in [5, 5.41) is 3.95. The van der Waals surface area contributed by atoms with Gasteiger partial charge in [-0.15, -0.1) is 11.8 Å². The standard InChI is InChI=1S/C17H18N2OS/c1-12-4-3-5-13(10-12)17(8-9-17)16(20)19-14-6-7-15(21-2)18-11-14/h3-7,10-11H,8-9H2,1-2H3,(H,19,20). The maximum atomic E-state index is 12.6. The van der Waals surface area contributed by atoms with Crippen molar-refractivity contribution in [2.45, 2.75) is 30.2 Å². The van der Waals surface area contributed by atoms with E-state index < -0.39 is 0 Å². The lowest BCUT2D eigenvalue weighted by Gasteiger charge is -2.16. The van der Waals surface area contributed by atoms with Crippen molar-refractivity contribution < 1.29 is 4.79 Å². The van der Waals surface area contributed by atoms with Crippen molar-refractivity contribution in [2.24, 2.45) is 0 Å². The van der Waals surface area contributed by atoms with E-state index in [4.69, 9.17) is 0 Å². The third kappa shape index (κ3) is 2.81. The van der Waals surface area contributed by atoms with Crippen molar-refractivity contribution in [3.63, 3.8) is 0 Å². The van der Waals surface area contributed by atoms with Crippen LogP contribution in [-0.2, 0) is 10.2 Å². The number of anilines is 1. The van der Waals surface area contributed by atoms with E-state index in [1.165, 1.54) is 5.56 Å². The summed E-state index contributed by atoms with van der Waals surface area (Å²) in [6.07, 6.45) is 5.53. The number of thioether (sulfide) groups is 1. The summed E-state index contributed by atoms with van der Waals surface area (Å²) in [5.41, 5.74) is 2.73. The molecule has 108 valence electrons. The SMILES string of the molecule is CSc1ccc(NC(=O)C2(c3cccc(C)c3)CC2)cn1. The topological polar surface area (TPSA) is 42.0 Å². The smallest absolute Gasteiger partial charge is 0.235 e. The molecule has 1 heterocycles. The number of carbonyl (C=O) groups excluding carboxylic acids is 1. The Balaban J connectivity index is 1.78. The van der Waals surface area contributed by atoms with Crippen molar-refractivity contribution in [2.75, 3.05) is 11.6 Å². The number of hydrogen-bond donors (Lipinski definition) is 1. The normalized spacial score (nSPS) is 15.5. The third-order valence-electron chi connectivity index (χ3n) is 3.96. The average Bonchev–Trinajstić information content (AvgIpc) is 3.30. The summed E-state index contributed by atoms with van der Waals surface area (Å²) in [5.74, 6) is 0.0757. The van der Waals surface area contributed by atoms with Crippen LogP contribution in [0.2, 0.25) is 0 Å². The Morgan fingerprint density at radius 1 is 1.29 bits per heavy atom. The largest absolute Gasteiger partial charge is 0.324 e. The molecule has 0 aliphatic heterocycles. The van der Waals surface area contributed by atoms with Crippen molar-refractivity contribution in [1.82, 2.24) is 4.98 Å². The number of rotatable bonds is 4. The van der Waals surface area contributed by atoms with Crippen LogP contribution in [0.25, 0.3) is 0 Å². The summed E-state index contributed by atoms with van der Waals surface area (Å²) in [6, 6.07) is 12.1. The summed E-state index contributed by atoms with van der Waals surface area (Å²) in [6.45, 7) is 2.06. The van der Waals surface area contributed by atoms with Gasteiger partial charge in [-0.3, -0.25) is 4.79 Å². The van der Waals surface area contributed by atoms with Crippen LogP contribution in [0.4, 0.5) is 5.69 Å². The molecule has 0 atom stereocenters. The van der Waals surface area contributed by atoms with Gasteiger partial charge >= 0.3 is 0 Å². The zero-order chi connectivity index (χ0) is 14.9. The van der Waals surface area contributed by atoms with Crippen LogP contribution in [0.1, 0.15) is 24.0 Å². The lowest BCUT2D eigenvalue weighted by Crippen LogP contribution is -2.27. The zero-order valence-electron chi connectivity index (χ0n) is 12.2. The molecule has 0 unspecified atom stereocenters. The molecule has 1 aromatic carbocycles. The van der Waals surface area contributed by atoms with Crippen LogP contribution >= 0.6 is 11.8 Å². The molecule has 1 aromatic heterocycles. The first-order chi connectivity index (χ1) is 10.1. The van der Waals surface area contributed by atoms with Crippen LogP contribution < -0.4 is 5.32 Å². The zero-order valence-corrected chi connectivity index (χ0v) is 13.0. The first kappa shape index (κ1) is 14.1. The molecule has 1 N–H and O–H groups in total. The van der Waals surface area contributed by atoms with Gasteiger partial charge in [-0.1, -0.05) is 29.8 Å². The van der Waals surface area contributed by atoms with E-state index in [0.717, 1.165) is 29.1 Å². The molecule has 0 bridgehead atoms. The quantitative estimate of drug-likeness (QED) is 0.873. The number of benzene rings is 1. The predicted molar refractivity (Wildman–Crippen MR) is 86.7 cm³/mol. The summed E-state index contributed by atoms with van der Waals surface area (Å²) in [4.78, 5) is 16.9. The molecule has 1 amide bonds. The van der Waals surface area contributed by atoms with Gasteiger partial charge in [0.05, 0.1) is 22.3 Å². The van der Waals surface area contributed by atoms with Gasteiger partial charge in [0.1, 0.15) is 0 Å². The lowest BCUT2D eigenvalue weighted by atomic mass is 9.93. The van der Waals surface area contributed by atoms with Crippen LogP contribution in [0, 0.1) is 6.92 Å². The second-order valence-electron chi connectivity index (χ2n) is 5.49. The highest BCUT2D eigenvalue weighted by Gasteiger charge is 2.51. The van der Waals surface area contributed by atoms with Crippen molar-refractivity contribution in [1.29, 1.82) is 0 Å². The molecular formula is C17H18N2OS. The van der Waals surface area contributed by atoms with Crippen LogP contribution in [-0.4, -0.2) is 17.1 Å². The minimum Gasteiger partial charge on any atom is -0.324 e. The van der Waals surface area contributed by atoms with E-state index >= 15 is 0 Å². The number of nitrogens with zero attached hydrogens (tertiary/aromatic N) is 1. The van der Waals surface area contributed by atoms with Crippen molar-refractivity contribution >= 4 is 23.4 Å². The number of pyridine rings is 1. The van der Waals surface area contributed by atoms with E-state index in [-0.39, 0.29) is 11.3 Å². The molecule has 1 fully saturated rings. The van der Waals surface area contributed by atoms with Gasteiger partial charge in [0.15, 0.2) is 0 Å². The average molecular weight is 298 g/mol. The lowest BCUT2D eigenvalue weighted by molar-refractivity contribution is -0.118. The van der Waals surface area contributed by atoms with Gasteiger partial charge in [-0.2, -0.15) is 0 Å². The summed E-state index contributed by atoms with van der Waals surface area (Å²) in [7, 11) is 0. The van der Waals surface area contributed by atoms with Gasteiger partial charge < -0.3 is 5.32 Å². The molecule has 21 heavy (non-hydrogen) atoms. The Labute approximate surface area is 129 Å². The fraction of sp³-hybridized carbons (Fsp3) is 0.294. The number of hydrogen-bond acceptors (Lipinski definition) is 3. The maximum absolute atomic E-state index is 12.6. The Morgan fingerprint density at radius 3 is 2.67 bits per heavy atom. The molecule has 3 rings (SSSR count). The highest BCUT2D eigenvalue weighted by Crippen LogP contribution is 2.49. The Bertz CT molecular complexity index is 663. The predicted octanol–water partition coefficient (Wildman–Crippen LogP) is 3.78. The van der Waals surface area contributed by atoms with E-state index in [2.05, 4.69) is 35.4 Å². The van der Waals surface area contributed by atoms with Gasteiger partial charge in [0.2, 0.25) is 5.91 Å². The van der Waals surface area contributed by atoms with E-state index in [1.807, 2.05) is 24.5 Å². The minimum atomic E-state index is -0.343. The summed E-state index contributed by atoms with van der Waals surface area (Å²) >= 11 is 1.59. The molecule has 1 saturated carbocycles. The van der Waals surface area contributed by atoms with Gasteiger partial charge in [-0.25, -0.2) is 4.98 Å². The second kappa shape index (κ2) is 5.53. The maximum Gasteiger partial charge on any atom is 0.235 e. The van der Waals surface area contributed by atoms with E-state index in [9.17, 15) is 4.79 Å². The Morgan fingerprint density at radius 2 is 2.10 bits per heavy atom. The number of carbonyl (C=O) groups is 1. The highest BCUT2D eigenvalue weighted by molar-refractivity contribution is 7.98. The molecule has 1 aliphatic rings. The third-order valence-corrected chi connectivity index (χ3v) is 4.62. The number of aromatic nitrogens is 1. The molecule has 0 saturated heterocycles. The molecule has 0 radical (unpaired) electrons. The molecule has 4 heteroatoms. The first-order valence-electron chi connectivity index (χ1n) is 7.03. The first-order valence-corrected chi connectivity index (χ1v) is 8.25. The van der Waals surface area contributed by atoms with Crippen LogP contribution in [0.3, 0.4) is 0 Å². The van der Waals surface area contributed by atoms with Crippen molar-refractivity contribution in [3.05, 3.63) is 53.7 Å². The van der Waals surface area contributed by atoms with Gasteiger partial charge in [0, 0.05) is 0 Å². The summed E-state index contributed by atoms with van der Waals surface area (Å²) < 4.78 is 0. The Kier molecular flexibility index (Phi) is 3.72. The molecule has 3 nitrogen and oxygen atoms in total. The number of amides is 1. The minimum absolute atomic E-state index is 0.0757. The van der Waals surface area contributed by atoms with Crippen molar-refractivity contribution in [3.8, 4) is 0 Å². The Hall–Kier alpha value is -1.81. The number of nitrogens with one attached hydrogen (secondary N) is 1. The second-order valence-corrected chi connectivity index (χ2v) is 6.32. The molecular weight excluding hydrogens is 280 g/mol. The van der Waals surface area contributed by atoms with Crippen LogP contribution in [0.15, 0.2) is 47.6 Å². The van der Waals surface area contributed by atoms with E-state index in [0.29, 0.717) is 0 Å². The van der Waals surface area contributed by atoms with Crippen LogP contribution in [0.5, 0.6) is 0 Å². The molecule has 1 aliphatic carbocycles.